The van der Waals surface area contributed by atoms with Crippen LogP contribution < -0.4 is 10.2 Å². The van der Waals surface area contributed by atoms with E-state index in [0.717, 1.165) is 43.5 Å². The van der Waals surface area contributed by atoms with Gasteiger partial charge in [0, 0.05) is 70.7 Å². The Bertz CT molecular complexity index is 528. The first kappa shape index (κ1) is 16.8. The molecule has 0 spiro atoms. The van der Waals surface area contributed by atoms with Gasteiger partial charge in [-0.3, -0.25) is 19.5 Å². The molecule has 0 aliphatic carbocycles. The molecule has 0 saturated carbocycles. The van der Waals surface area contributed by atoms with E-state index in [4.69, 9.17) is 0 Å². The van der Waals surface area contributed by atoms with Crippen molar-refractivity contribution in [1.29, 1.82) is 0 Å². The zero-order valence-electron chi connectivity index (χ0n) is 14.1. The van der Waals surface area contributed by atoms with E-state index in [-0.39, 0.29) is 5.91 Å². The molecule has 3 heterocycles. The molecular formula is C16H27N5OS. The molecule has 7 heteroatoms. The number of hydrogen-bond donors (Lipinski definition) is 1. The van der Waals surface area contributed by atoms with Crippen LogP contribution in [0.15, 0.2) is 5.38 Å². The Balaban J connectivity index is 1.54. The molecule has 1 unspecified atom stereocenters. The molecule has 0 radical (unpaired) electrons. The number of nitrogens with zero attached hydrogens (tertiary/aromatic N) is 4. The Hall–Kier alpha value is -1.02. The van der Waals surface area contributed by atoms with Gasteiger partial charge in [0.2, 0.25) is 5.91 Å². The third kappa shape index (κ3) is 4.09. The van der Waals surface area contributed by atoms with Crippen LogP contribution in [0, 0.1) is 0 Å². The number of likely N-dealkylation sites (tertiary alicyclic amines) is 1. The van der Waals surface area contributed by atoms with Crippen LogP contribution in [0.25, 0.3) is 0 Å². The van der Waals surface area contributed by atoms with Gasteiger partial charge in [-0.15, -0.1) is 11.3 Å². The van der Waals surface area contributed by atoms with Crippen molar-refractivity contribution in [3.63, 3.8) is 0 Å². The number of carbonyl (C=O) groups is 1. The molecule has 0 bridgehead atoms. The first-order chi connectivity index (χ1) is 11.2. The van der Waals surface area contributed by atoms with Gasteiger partial charge in [-0.25, -0.2) is 4.98 Å². The molecule has 2 saturated heterocycles. The van der Waals surface area contributed by atoms with Crippen LogP contribution >= 0.6 is 11.3 Å². The number of amides is 1. The van der Waals surface area contributed by atoms with Crippen LogP contribution in [0.2, 0.25) is 0 Å². The molecule has 128 valence electrons. The van der Waals surface area contributed by atoms with E-state index >= 15 is 0 Å². The Labute approximate surface area is 142 Å². The summed E-state index contributed by atoms with van der Waals surface area (Å²) in [5.41, 5.74) is 1.09. The fraction of sp³-hybridized carbons (Fsp3) is 0.750. The van der Waals surface area contributed by atoms with Gasteiger partial charge in [-0.2, -0.15) is 0 Å². The molecule has 2 aliphatic rings. The van der Waals surface area contributed by atoms with E-state index < -0.39 is 0 Å². The maximum Gasteiger partial charge on any atom is 0.225 e. The van der Waals surface area contributed by atoms with Gasteiger partial charge in [-0.1, -0.05) is 0 Å². The summed E-state index contributed by atoms with van der Waals surface area (Å²) < 4.78 is 0. The van der Waals surface area contributed by atoms with Gasteiger partial charge in [0.15, 0.2) is 5.13 Å². The summed E-state index contributed by atoms with van der Waals surface area (Å²) in [5, 5.41) is 6.34. The van der Waals surface area contributed by atoms with Gasteiger partial charge >= 0.3 is 0 Å². The van der Waals surface area contributed by atoms with Crippen molar-refractivity contribution in [2.75, 3.05) is 50.7 Å². The normalized spacial score (nSPS) is 23.3. The lowest BCUT2D eigenvalue weighted by Gasteiger charge is -2.32. The number of hydrogen-bond acceptors (Lipinski definition) is 6. The molecule has 3 rings (SSSR count). The number of rotatable bonds is 5. The van der Waals surface area contributed by atoms with Crippen LogP contribution in [-0.4, -0.2) is 72.5 Å². The molecule has 2 fully saturated rings. The van der Waals surface area contributed by atoms with Crippen LogP contribution in [0.4, 0.5) is 5.13 Å². The van der Waals surface area contributed by atoms with E-state index in [2.05, 4.69) is 25.5 Å². The maximum absolute atomic E-state index is 11.6. The number of thiazole rings is 1. The van der Waals surface area contributed by atoms with Gasteiger partial charge in [0.25, 0.3) is 0 Å². The van der Waals surface area contributed by atoms with Crippen molar-refractivity contribution in [2.45, 2.75) is 32.9 Å². The van der Waals surface area contributed by atoms with E-state index in [9.17, 15) is 4.79 Å². The largest absolute Gasteiger partial charge is 0.314 e. The number of carbonyl (C=O) groups excluding carboxylic acids is 1. The minimum atomic E-state index is 0.0633. The minimum Gasteiger partial charge on any atom is -0.314 e. The van der Waals surface area contributed by atoms with E-state index in [1.165, 1.54) is 19.5 Å². The molecule has 23 heavy (non-hydrogen) atoms. The zero-order chi connectivity index (χ0) is 16.2. The third-order valence-corrected chi connectivity index (χ3v) is 5.68. The average Bonchev–Trinajstić information content (AvgIpc) is 3.19. The molecule has 1 atom stereocenters. The first-order valence-electron chi connectivity index (χ1n) is 8.57. The molecular weight excluding hydrogens is 310 g/mol. The van der Waals surface area contributed by atoms with Gasteiger partial charge in [0.1, 0.15) is 0 Å². The second-order valence-corrected chi connectivity index (χ2v) is 7.18. The lowest BCUT2D eigenvalue weighted by atomic mass is 10.2. The van der Waals surface area contributed by atoms with Crippen molar-refractivity contribution in [3.8, 4) is 0 Å². The predicted molar refractivity (Wildman–Crippen MR) is 93.9 cm³/mol. The number of piperazine rings is 1. The average molecular weight is 337 g/mol. The second kappa shape index (κ2) is 7.70. The summed E-state index contributed by atoms with van der Waals surface area (Å²) >= 11 is 1.57. The second-order valence-electron chi connectivity index (χ2n) is 6.35. The van der Waals surface area contributed by atoms with Crippen molar-refractivity contribution in [1.82, 2.24) is 20.1 Å². The molecule has 6 nitrogen and oxygen atoms in total. The first-order valence-corrected chi connectivity index (χ1v) is 9.45. The van der Waals surface area contributed by atoms with E-state index in [1.807, 2.05) is 6.92 Å². The highest BCUT2D eigenvalue weighted by atomic mass is 32.1. The van der Waals surface area contributed by atoms with Crippen molar-refractivity contribution in [3.05, 3.63) is 11.1 Å². The summed E-state index contributed by atoms with van der Waals surface area (Å²) in [6.45, 7) is 12.0. The molecule has 0 aromatic carbocycles. The SMILES string of the molecule is CCN(C(C)=O)c1nc(CN2CCC(N3CCNCC3)C2)cs1. The van der Waals surface area contributed by atoms with Crippen LogP contribution in [0.3, 0.4) is 0 Å². The Morgan fingerprint density at radius 3 is 2.91 bits per heavy atom. The third-order valence-electron chi connectivity index (χ3n) is 4.77. The standard InChI is InChI=1S/C16H27N5OS/c1-3-21(13(2)22)16-18-14(12-23-16)10-19-7-4-15(11-19)20-8-5-17-6-9-20/h12,15,17H,3-11H2,1-2H3. The topological polar surface area (TPSA) is 51.7 Å². The van der Waals surface area contributed by atoms with Crippen molar-refractivity contribution < 1.29 is 4.79 Å². The summed E-state index contributed by atoms with van der Waals surface area (Å²) in [6, 6.07) is 0.694. The molecule has 1 aromatic rings. The van der Waals surface area contributed by atoms with Gasteiger partial charge in [0.05, 0.1) is 5.69 Å². The molecule has 1 amide bonds. The zero-order valence-corrected chi connectivity index (χ0v) is 14.9. The van der Waals surface area contributed by atoms with Gasteiger partial charge < -0.3 is 5.32 Å². The quantitative estimate of drug-likeness (QED) is 0.869. The predicted octanol–water partition coefficient (Wildman–Crippen LogP) is 0.995. The Kier molecular flexibility index (Phi) is 5.63. The fourth-order valence-electron chi connectivity index (χ4n) is 3.52. The Morgan fingerprint density at radius 1 is 1.43 bits per heavy atom. The number of aromatic nitrogens is 1. The Morgan fingerprint density at radius 2 is 2.22 bits per heavy atom. The van der Waals surface area contributed by atoms with E-state index in [1.54, 1.807) is 23.2 Å². The summed E-state index contributed by atoms with van der Waals surface area (Å²) in [5.74, 6) is 0.0633. The summed E-state index contributed by atoms with van der Waals surface area (Å²) in [7, 11) is 0. The molecule has 2 aliphatic heterocycles. The lowest BCUT2D eigenvalue weighted by Crippen LogP contribution is -2.49. The monoisotopic (exact) mass is 337 g/mol. The smallest absolute Gasteiger partial charge is 0.225 e. The van der Waals surface area contributed by atoms with E-state index in [0.29, 0.717) is 12.6 Å². The van der Waals surface area contributed by atoms with Crippen LogP contribution in [0.1, 0.15) is 26.0 Å². The van der Waals surface area contributed by atoms with Crippen LogP contribution in [0.5, 0.6) is 0 Å². The fourth-order valence-corrected chi connectivity index (χ4v) is 4.44. The van der Waals surface area contributed by atoms with Crippen molar-refractivity contribution >= 4 is 22.4 Å². The highest BCUT2D eigenvalue weighted by Crippen LogP contribution is 2.23. The molecule has 1 aromatic heterocycles. The minimum absolute atomic E-state index is 0.0633. The van der Waals surface area contributed by atoms with Gasteiger partial charge in [-0.05, 0) is 13.3 Å². The highest BCUT2D eigenvalue weighted by Gasteiger charge is 2.28. The number of anilines is 1. The molecule has 1 N–H and O–H groups in total. The lowest BCUT2D eigenvalue weighted by molar-refractivity contribution is -0.116. The highest BCUT2D eigenvalue weighted by molar-refractivity contribution is 7.14. The maximum atomic E-state index is 11.6. The van der Waals surface area contributed by atoms with Crippen LogP contribution in [-0.2, 0) is 11.3 Å². The number of nitrogens with one attached hydrogen (secondary N) is 1. The summed E-state index contributed by atoms with van der Waals surface area (Å²) in [6.07, 6.45) is 1.26. The summed E-state index contributed by atoms with van der Waals surface area (Å²) in [4.78, 5) is 23.1. The van der Waals surface area contributed by atoms with Crippen molar-refractivity contribution in [2.24, 2.45) is 0 Å².